The molecule has 0 aliphatic carbocycles. The van der Waals surface area contributed by atoms with E-state index in [1.165, 1.54) is 0 Å². The molecule has 0 saturated heterocycles. The van der Waals surface area contributed by atoms with Crippen LogP contribution in [-0.2, 0) is 0 Å². The van der Waals surface area contributed by atoms with E-state index in [1.54, 1.807) is 24.3 Å². The molecule has 0 aliphatic heterocycles. The monoisotopic (exact) mass is 289 g/mol. The largest absolute Gasteiger partial charge is 0.484 e. The zero-order valence-electron chi connectivity index (χ0n) is 10.9. The van der Waals surface area contributed by atoms with E-state index in [9.17, 15) is 5.11 Å². The van der Waals surface area contributed by atoms with Crippen LogP contribution < -0.4 is 4.74 Å². The van der Waals surface area contributed by atoms with Crippen molar-refractivity contribution in [2.45, 2.75) is 25.7 Å². The first kappa shape index (κ1) is 15.6. The summed E-state index contributed by atoms with van der Waals surface area (Å²) in [4.78, 5) is 1.81. The molecule has 0 unspecified atom stereocenters. The SMILES string of the molecule is CN(CCS)[C@H](O)C(C)(C)Oc1ccc(Cl)cc1. The van der Waals surface area contributed by atoms with Crippen LogP contribution in [0.2, 0.25) is 5.02 Å². The minimum atomic E-state index is -0.717. The highest BCUT2D eigenvalue weighted by Crippen LogP contribution is 2.24. The Morgan fingerprint density at radius 2 is 1.94 bits per heavy atom. The van der Waals surface area contributed by atoms with Gasteiger partial charge in [-0.15, -0.1) is 0 Å². The van der Waals surface area contributed by atoms with Gasteiger partial charge in [0.15, 0.2) is 0 Å². The third-order valence-electron chi connectivity index (χ3n) is 2.69. The van der Waals surface area contributed by atoms with Crippen LogP contribution in [0, 0.1) is 0 Å². The maximum Gasteiger partial charge on any atom is 0.146 e. The van der Waals surface area contributed by atoms with Crippen molar-refractivity contribution in [3.8, 4) is 5.75 Å². The fourth-order valence-corrected chi connectivity index (χ4v) is 2.11. The Morgan fingerprint density at radius 3 is 2.44 bits per heavy atom. The summed E-state index contributed by atoms with van der Waals surface area (Å²) in [6, 6.07) is 7.10. The Balaban J connectivity index is 2.71. The lowest BCUT2D eigenvalue weighted by Crippen LogP contribution is -2.51. The molecule has 1 aromatic rings. The molecule has 1 N–H and O–H groups in total. The second kappa shape index (κ2) is 6.66. The van der Waals surface area contributed by atoms with Crippen LogP contribution in [0.15, 0.2) is 24.3 Å². The Labute approximate surface area is 119 Å². The van der Waals surface area contributed by atoms with Crippen molar-refractivity contribution in [1.82, 2.24) is 4.90 Å². The lowest BCUT2D eigenvalue weighted by Gasteiger charge is -2.36. The van der Waals surface area contributed by atoms with Gasteiger partial charge < -0.3 is 9.84 Å². The van der Waals surface area contributed by atoms with Gasteiger partial charge in [0.05, 0.1) is 0 Å². The smallest absolute Gasteiger partial charge is 0.146 e. The average Bonchev–Trinajstić information content (AvgIpc) is 2.31. The van der Waals surface area contributed by atoms with Gasteiger partial charge in [-0.3, -0.25) is 4.90 Å². The van der Waals surface area contributed by atoms with E-state index in [4.69, 9.17) is 16.3 Å². The lowest BCUT2D eigenvalue weighted by atomic mass is 10.1. The number of aliphatic hydroxyl groups excluding tert-OH is 1. The molecule has 0 heterocycles. The van der Waals surface area contributed by atoms with Crippen LogP contribution in [0.5, 0.6) is 5.75 Å². The van der Waals surface area contributed by atoms with Gasteiger partial charge >= 0.3 is 0 Å². The molecule has 1 rings (SSSR count). The zero-order valence-corrected chi connectivity index (χ0v) is 12.6. The summed E-state index contributed by atoms with van der Waals surface area (Å²) in [6.45, 7) is 4.39. The van der Waals surface area contributed by atoms with Crippen LogP contribution >= 0.6 is 24.2 Å². The van der Waals surface area contributed by atoms with Crippen LogP contribution in [0.3, 0.4) is 0 Å². The van der Waals surface area contributed by atoms with Gasteiger partial charge in [-0.2, -0.15) is 12.6 Å². The van der Waals surface area contributed by atoms with Gasteiger partial charge in [0.25, 0.3) is 0 Å². The molecular weight excluding hydrogens is 270 g/mol. The number of likely N-dealkylation sites (N-methyl/N-ethyl adjacent to an activating group) is 1. The first-order chi connectivity index (χ1) is 8.36. The van der Waals surface area contributed by atoms with E-state index in [0.717, 1.165) is 0 Å². The van der Waals surface area contributed by atoms with E-state index < -0.39 is 11.8 Å². The van der Waals surface area contributed by atoms with E-state index in [0.29, 0.717) is 23.1 Å². The number of aliphatic hydroxyl groups is 1. The van der Waals surface area contributed by atoms with Crippen molar-refractivity contribution in [2.24, 2.45) is 0 Å². The van der Waals surface area contributed by atoms with Crippen molar-refractivity contribution < 1.29 is 9.84 Å². The number of hydrogen-bond donors (Lipinski definition) is 2. The van der Waals surface area contributed by atoms with Gasteiger partial charge in [0, 0.05) is 17.3 Å². The number of rotatable bonds is 6. The first-order valence-electron chi connectivity index (χ1n) is 5.80. The normalized spacial score (nSPS) is 13.7. The van der Waals surface area contributed by atoms with E-state index in [1.807, 2.05) is 25.8 Å². The predicted molar refractivity (Wildman–Crippen MR) is 78.6 cm³/mol. The van der Waals surface area contributed by atoms with Crippen molar-refractivity contribution in [2.75, 3.05) is 19.3 Å². The molecule has 0 saturated carbocycles. The molecule has 1 atom stereocenters. The summed E-state index contributed by atoms with van der Waals surface area (Å²) in [5, 5.41) is 10.9. The Hall–Kier alpha value is -0.420. The first-order valence-corrected chi connectivity index (χ1v) is 6.81. The summed E-state index contributed by atoms with van der Waals surface area (Å²) in [5.41, 5.74) is -0.717. The van der Waals surface area contributed by atoms with E-state index >= 15 is 0 Å². The lowest BCUT2D eigenvalue weighted by molar-refractivity contribution is -0.106. The van der Waals surface area contributed by atoms with Crippen LogP contribution in [0.4, 0.5) is 0 Å². The molecule has 0 aromatic heterocycles. The number of nitrogens with zero attached hydrogens (tertiary/aromatic N) is 1. The second-order valence-electron chi connectivity index (χ2n) is 4.74. The summed E-state index contributed by atoms with van der Waals surface area (Å²) in [5.74, 6) is 1.37. The van der Waals surface area contributed by atoms with Crippen LogP contribution in [0.25, 0.3) is 0 Å². The number of ether oxygens (including phenoxy) is 1. The van der Waals surface area contributed by atoms with Gasteiger partial charge in [0.2, 0.25) is 0 Å². The third kappa shape index (κ3) is 4.35. The highest BCUT2D eigenvalue weighted by Gasteiger charge is 2.32. The van der Waals surface area contributed by atoms with Gasteiger partial charge in [0.1, 0.15) is 17.6 Å². The number of thiol groups is 1. The Kier molecular flexibility index (Phi) is 5.79. The molecule has 0 amide bonds. The molecule has 102 valence electrons. The van der Waals surface area contributed by atoms with Crippen LogP contribution in [0.1, 0.15) is 13.8 Å². The minimum Gasteiger partial charge on any atom is -0.484 e. The summed E-state index contributed by atoms with van der Waals surface area (Å²) < 4.78 is 5.81. The van der Waals surface area contributed by atoms with Crippen LogP contribution in [-0.4, -0.2) is 41.2 Å². The van der Waals surface area contributed by atoms with Gasteiger partial charge in [-0.25, -0.2) is 0 Å². The average molecular weight is 290 g/mol. The molecule has 0 radical (unpaired) electrons. The zero-order chi connectivity index (χ0) is 13.8. The second-order valence-corrected chi connectivity index (χ2v) is 5.62. The number of benzene rings is 1. The number of halogens is 1. The highest BCUT2D eigenvalue weighted by atomic mass is 35.5. The molecule has 3 nitrogen and oxygen atoms in total. The maximum absolute atomic E-state index is 10.2. The topological polar surface area (TPSA) is 32.7 Å². The molecule has 0 fully saturated rings. The van der Waals surface area contributed by atoms with E-state index in [2.05, 4.69) is 12.6 Å². The molecule has 0 aliphatic rings. The summed E-state index contributed by atoms with van der Waals surface area (Å²) in [6.07, 6.45) is -0.708. The highest BCUT2D eigenvalue weighted by molar-refractivity contribution is 7.80. The quantitative estimate of drug-likeness (QED) is 0.624. The predicted octanol–water partition coefficient (Wildman–Crippen LogP) is 2.68. The minimum absolute atomic E-state index is 0.660. The summed E-state index contributed by atoms with van der Waals surface area (Å²) in [7, 11) is 1.84. The molecule has 5 heteroatoms. The van der Waals surface area contributed by atoms with E-state index in [-0.39, 0.29) is 0 Å². The van der Waals surface area contributed by atoms with Crippen molar-refractivity contribution in [1.29, 1.82) is 0 Å². The summed E-state index contributed by atoms with van der Waals surface area (Å²) >= 11 is 9.97. The van der Waals surface area contributed by atoms with Crippen molar-refractivity contribution >= 4 is 24.2 Å². The molecule has 1 aromatic carbocycles. The fourth-order valence-electron chi connectivity index (χ4n) is 1.67. The number of hydrogen-bond acceptors (Lipinski definition) is 4. The standard InChI is InChI=1S/C13H20ClNO2S/c1-13(2,12(16)15(3)8-9-18)17-11-6-4-10(14)5-7-11/h4-7,12,16,18H,8-9H2,1-3H3/t12-/m1/s1. The molecule has 0 spiro atoms. The molecule has 18 heavy (non-hydrogen) atoms. The molecular formula is C13H20ClNO2S. The Bertz CT molecular complexity index is 370. The van der Waals surface area contributed by atoms with Gasteiger partial charge in [-0.05, 0) is 45.2 Å². The maximum atomic E-state index is 10.2. The molecule has 0 bridgehead atoms. The van der Waals surface area contributed by atoms with Crippen molar-refractivity contribution in [3.05, 3.63) is 29.3 Å². The Morgan fingerprint density at radius 1 is 1.39 bits per heavy atom. The van der Waals surface area contributed by atoms with Crippen molar-refractivity contribution in [3.63, 3.8) is 0 Å². The third-order valence-corrected chi connectivity index (χ3v) is 3.14. The van der Waals surface area contributed by atoms with Gasteiger partial charge in [-0.1, -0.05) is 11.6 Å². The fraction of sp³-hybridized carbons (Fsp3) is 0.538.